The van der Waals surface area contributed by atoms with Crippen molar-refractivity contribution in [3.8, 4) is 0 Å². The Morgan fingerprint density at radius 3 is 2.06 bits per heavy atom. The van der Waals surface area contributed by atoms with Gasteiger partial charge in [0.1, 0.15) is 18.5 Å². The topological polar surface area (TPSA) is 140 Å². The number of ether oxygens (including phenoxy) is 1. The van der Waals surface area contributed by atoms with Crippen LogP contribution in [-0.4, -0.2) is 47.3 Å². The molecule has 10 heteroatoms. The summed E-state index contributed by atoms with van der Waals surface area (Å²) in [6, 6.07) is 34.9. The Morgan fingerprint density at radius 2 is 1.43 bits per heavy atom. The van der Waals surface area contributed by atoms with Crippen LogP contribution in [0.25, 0.3) is 0 Å². The van der Waals surface area contributed by atoms with E-state index < -0.39 is 18.2 Å². The minimum Gasteiger partial charge on any atom is -0.443 e. The molecular formula is C37H40ClN5O4. The number of aryl methyl sites for hydroxylation is 1. The quantitative estimate of drug-likeness (QED) is 0.152. The lowest BCUT2D eigenvalue weighted by Crippen LogP contribution is -2.51. The van der Waals surface area contributed by atoms with Crippen LogP contribution in [0, 0.1) is 0 Å². The molecule has 4 aromatic carbocycles. The van der Waals surface area contributed by atoms with Crippen molar-refractivity contribution < 1.29 is 19.1 Å². The van der Waals surface area contributed by atoms with Gasteiger partial charge in [0.05, 0.1) is 6.04 Å². The summed E-state index contributed by atoms with van der Waals surface area (Å²) in [6.07, 6.45) is 0.912. The highest BCUT2D eigenvalue weighted by atomic mass is 35.5. The van der Waals surface area contributed by atoms with Crippen molar-refractivity contribution in [1.29, 1.82) is 0 Å². The van der Waals surface area contributed by atoms with Crippen LogP contribution in [0.2, 0.25) is 0 Å². The zero-order chi connectivity index (χ0) is 32.3. The molecule has 4 aromatic rings. The fraction of sp³-hybridized carbons (Fsp3) is 0.243. The Labute approximate surface area is 281 Å². The molecule has 3 amide bonds. The minimum absolute atomic E-state index is 0. The van der Waals surface area contributed by atoms with E-state index in [1.54, 1.807) is 29.2 Å². The Hall–Kier alpha value is -4.99. The zero-order valence-corrected chi connectivity index (χ0v) is 26.9. The second kappa shape index (κ2) is 17.1. The van der Waals surface area contributed by atoms with Gasteiger partial charge in [-0.05, 0) is 41.5 Å². The third-order valence-electron chi connectivity index (χ3n) is 8.20. The van der Waals surface area contributed by atoms with Crippen LogP contribution in [0.5, 0.6) is 0 Å². The Balaban J connectivity index is 0.00000500. The van der Waals surface area contributed by atoms with Gasteiger partial charge in [0.25, 0.3) is 0 Å². The summed E-state index contributed by atoms with van der Waals surface area (Å²) in [5.41, 5.74) is 16.9. The number of benzene rings is 4. The second-order valence-corrected chi connectivity index (χ2v) is 11.4. The molecule has 1 aliphatic heterocycles. The predicted molar refractivity (Wildman–Crippen MR) is 185 cm³/mol. The molecule has 244 valence electrons. The predicted octanol–water partition coefficient (Wildman–Crippen LogP) is 5.11. The summed E-state index contributed by atoms with van der Waals surface area (Å²) in [6.45, 7) is 0.787. The van der Waals surface area contributed by atoms with Crippen molar-refractivity contribution in [2.24, 2.45) is 16.5 Å². The number of amides is 3. The van der Waals surface area contributed by atoms with Crippen LogP contribution in [-0.2, 0) is 33.9 Å². The number of likely N-dealkylation sites (tertiary alicyclic amines) is 1. The third kappa shape index (κ3) is 9.75. The monoisotopic (exact) mass is 653 g/mol. The van der Waals surface area contributed by atoms with Crippen molar-refractivity contribution >= 4 is 36.2 Å². The SMILES string of the molecule is Cl.NC(=NC(=O)OCc1ccccc1)c1ccc(CNC(=O)[C@@H]2C[C@H](c3ccccc3)CN2C(=O)[C@H](N)CCc2ccccc2)cc1. The number of nitrogens with one attached hydrogen (secondary N) is 1. The number of nitrogens with zero attached hydrogens (tertiary/aromatic N) is 2. The van der Waals surface area contributed by atoms with Gasteiger partial charge in [-0.15, -0.1) is 12.4 Å². The van der Waals surface area contributed by atoms with E-state index in [1.165, 1.54) is 0 Å². The van der Waals surface area contributed by atoms with Crippen molar-refractivity contribution in [3.63, 3.8) is 0 Å². The minimum atomic E-state index is -0.776. The van der Waals surface area contributed by atoms with Crippen molar-refractivity contribution in [2.45, 2.75) is 50.4 Å². The number of rotatable bonds is 11. The summed E-state index contributed by atoms with van der Waals surface area (Å²) in [7, 11) is 0. The normalized spacial score (nSPS) is 16.5. The molecule has 1 aliphatic rings. The number of amidine groups is 1. The van der Waals surface area contributed by atoms with Gasteiger partial charge in [-0.3, -0.25) is 9.59 Å². The number of aliphatic imine (C=N–C) groups is 1. The molecular weight excluding hydrogens is 614 g/mol. The lowest BCUT2D eigenvalue weighted by atomic mass is 9.96. The molecule has 0 unspecified atom stereocenters. The summed E-state index contributed by atoms with van der Waals surface area (Å²) >= 11 is 0. The van der Waals surface area contributed by atoms with E-state index in [9.17, 15) is 14.4 Å². The van der Waals surface area contributed by atoms with Gasteiger partial charge in [0, 0.05) is 24.6 Å². The van der Waals surface area contributed by atoms with Crippen molar-refractivity contribution in [3.05, 3.63) is 143 Å². The van der Waals surface area contributed by atoms with Crippen molar-refractivity contribution in [1.82, 2.24) is 10.2 Å². The molecule has 47 heavy (non-hydrogen) atoms. The van der Waals surface area contributed by atoms with E-state index in [-0.39, 0.29) is 49.1 Å². The number of hydrogen-bond acceptors (Lipinski definition) is 5. The Morgan fingerprint density at radius 1 is 0.830 bits per heavy atom. The maximum Gasteiger partial charge on any atom is 0.435 e. The molecule has 0 saturated carbocycles. The first-order valence-corrected chi connectivity index (χ1v) is 15.4. The molecule has 0 aromatic heterocycles. The van der Waals surface area contributed by atoms with Crippen LogP contribution < -0.4 is 16.8 Å². The van der Waals surface area contributed by atoms with E-state index in [0.29, 0.717) is 31.4 Å². The average molecular weight is 654 g/mol. The molecule has 3 atom stereocenters. The van der Waals surface area contributed by atoms with E-state index in [4.69, 9.17) is 16.2 Å². The largest absolute Gasteiger partial charge is 0.443 e. The third-order valence-corrected chi connectivity index (χ3v) is 8.20. The van der Waals surface area contributed by atoms with Crippen LogP contribution in [0.3, 0.4) is 0 Å². The number of halogens is 1. The highest BCUT2D eigenvalue weighted by molar-refractivity contribution is 6.02. The first-order valence-electron chi connectivity index (χ1n) is 15.4. The first kappa shape index (κ1) is 34.9. The van der Waals surface area contributed by atoms with Crippen molar-refractivity contribution in [2.75, 3.05) is 6.54 Å². The molecule has 5 N–H and O–H groups in total. The maximum absolute atomic E-state index is 13.6. The van der Waals surface area contributed by atoms with Crippen LogP contribution in [0.1, 0.15) is 46.6 Å². The van der Waals surface area contributed by atoms with Gasteiger partial charge < -0.3 is 26.4 Å². The standard InChI is InChI=1S/C37H39N5O4.ClH/c38-32(21-18-26-10-4-1-5-11-26)36(44)42-24-31(29-14-8-3-9-15-29)22-33(42)35(43)40-23-27-16-19-30(20-17-27)34(39)41-37(45)46-25-28-12-6-2-7-13-28;/h1-17,19-20,31-33H,18,21-25,38H2,(H,40,43)(H2,39,41,45);1H/t31-,32+,33-;/m0./s1. The van der Waals surface area contributed by atoms with Gasteiger partial charge in [-0.25, -0.2) is 4.79 Å². The highest BCUT2D eigenvalue weighted by Crippen LogP contribution is 2.32. The smallest absolute Gasteiger partial charge is 0.435 e. The van der Waals surface area contributed by atoms with Gasteiger partial charge in [-0.2, -0.15) is 4.99 Å². The highest BCUT2D eigenvalue weighted by Gasteiger charge is 2.41. The fourth-order valence-electron chi connectivity index (χ4n) is 5.61. The van der Waals surface area contributed by atoms with Gasteiger partial charge >= 0.3 is 6.09 Å². The number of carbonyl (C=O) groups is 3. The van der Waals surface area contributed by atoms with Crippen LogP contribution in [0.15, 0.2) is 120 Å². The first-order chi connectivity index (χ1) is 22.4. The summed E-state index contributed by atoms with van der Waals surface area (Å²) in [4.78, 5) is 44.7. The van der Waals surface area contributed by atoms with E-state index in [0.717, 1.165) is 22.3 Å². The van der Waals surface area contributed by atoms with Gasteiger partial charge in [0.15, 0.2) is 0 Å². The number of carbonyl (C=O) groups excluding carboxylic acids is 3. The van der Waals surface area contributed by atoms with Crippen LogP contribution in [0.4, 0.5) is 4.79 Å². The fourth-order valence-corrected chi connectivity index (χ4v) is 5.61. The zero-order valence-electron chi connectivity index (χ0n) is 26.0. The lowest BCUT2D eigenvalue weighted by Gasteiger charge is -2.27. The maximum atomic E-state index is 13.6. The molecule has 0 spiro atoms. The number of nitrogens with two attached hydrogens (primary N) is 2. The molecule has 9 nitrogen and oxygen atoms in total. The van der Waals surface area contributed by atoms with E-state index in [2.05, 4.69) is 10.3 Å². The lowest BCUT2D eigenvalue weighted by molar-refractivity contribution is -0.139. The molecule has 0 bridgehead atoms. The molecule has 0 aliphatic carbocycles. The average Bonchev–Trinajstić information content (AvgIpc) is 3.55. The molecule has 5 rings (SSSR count). The van der Waals surface area contributed by atoms with Gasteiger partial charge in [-0.1, -0.05) is 115 Å². The van der Waals surface area contributed by atoms with E-state index >= 15 is 0 Å². The molecule has 1 saturated heterocycles. The van der Waals surface area contributed by atoms with Gasteiger partial charge in [0.2, 0.25) is 11.8 Å². The molecule has 0 radical (unpaired) electrons. The Bertz CT molecular complexity index is 1640. The molecule has 1 fully saturated rings. The number of hydrogen-bond donors (Lipinski definition) is 3. The summed E-state index contributed by atoms with van der Waals surface area (Å²) in [5, 5.41) is 3.00. The molecule has 1 heterocycles. The summed E-state index contributed by atoms with van der Waals surface area (Å²) in [5.74, 6) is -0.378. The van der Waals surface area contributed by atoms with E-state index in [1.807, 2.05) is 91.0 Å². The Kier molecular flexibility index (Phi) is 12.7. The van der Waals surface area contributed by atoms with Crippen LogP contribution >= 0.6 is 12.4 Å². The summed E-state index contributed by atoms with van der Waals surface area (Å²) < 4.78 is 5.18. The second-order valence-electron chi connectivity index (χ2n) is 11.4.